The van der Waals surface area contributed by atoms with Crippen molar-refractivity contribution in [3.8, 4) is 6.07 Å². The van der Waals surface area contributed by atoms with E-state index >= 15 is 0 Å². The summed E-state index contributed by atoms with van der Waals surface area (Å²) in [5, 5.41) is 11.7. The second-order valence-electron chi connectivity index (χ2n) is 3.36. The summed E-state index contributed by atoms with van der Waals surface area (Å²) in [5.41, 5.74) is 0.812. The molecular formula is C12H6Cl2N2O2. The Bertz CT molecular complexity index is 644. The van der Waals surface area contributed by atoms with Crippen molar-refractivity contribution in [2.45, 2.75) is 0 Å². The lowest BCUT2D eigenvalue weighted by Crippen LogP contribution is -2.10. The first-order valence-corrected chi connectivity index (χ1v) is 5.62. The van der Waals surface area contributed by atoms with Gasteiger partial charge in [-0.15, -0.1) is 0 Å². The highest BCUT2D eigenvalue weighted by Crippen LogP contribution is 2.21. The van der Waals surface area contributed by atoms with Gasteiger partial charge in [-0.25, -0.2) is 0 Å². The lowest BCUT2D eigenvalue weighted by atomic mass is 10.2. The number of hydrogen-bond acceptors (Lipinski definition) is 3. The predicted octanol–water partition coefficient (Wildman–Crippen LogP) is 3.71. The molecule has 2 aromatic rings. The molecule has 1 N–H and O–H groups in total. The second-order valence-corrected chi connectivity index (χ2v) is 4.14. The average Bonchev–Trinajstić information content (AvgIpc) is 2.76. The van der Waals surface area contributed by atoms with Gasteiger partial charge >= 0.3 is 0 Å². The van der Waals surface area contributed by atoms with Crippen molar-refractivity contribution in [3.05, 3.63) is 51.9 Å². The molecule has 0 atom stereocenters. The number of carbonyl (C=O) groups is 1. The molecule has 0 unspecified atom stereocenters. The van der Waals surface area contributed by atoms with E-state index in [0.717, 1.165) is 0 Å². The van der Waals surface area contributed by atoms with Crippen LogP contribution >= 0.6 is 23.2 Å². The Hall–Kier alpha value is -1.96. The van der Waals surface area contributed by atoms with E-state index in [1.54, 1.807) is 6.07 Å². The number of amides is 1. The molecular weight excluding hydrogens is 275 g/mol. The minimum atomic E-state index is -0.442. The number of furan rings is 1. The number of benzene rings is 1. The van der Waals surface area contributed by atoms with Crippen molar-refractivity contribution in [3.63, 3.8) is 0 Å². The van der Waals surface area contributed by atoms with E-state index in [0.29, 0.717) is 11.3 Å². The molecule has 0 fully saturated rings. The van der Waals surface area contributed by atoms with Gasteiger partial charge in [0.15, 0.2) is 11.0 Å². The van der Waals surface area contributed by atoms with Crippen molar-refractivity contribution in [1.29, 1.82) is 5.26 Å². The Morgan fingerprint density at radius 1 is 1.28 bits per heavy atom. The molecule has 1 aromatic heterocycles. The maximum atomic E-state index is 11.7. The Labute approximate surface area is 113 Å². The Kier molecular flexibility index (Phi) is 3.56. The van der Waals surface area contributed by atoms with Crippen LogP contribution in [0, 0.1) is 11.3 Å². The zero-order chi connectivity index (χ0) is 13.1. The fourth-order valence-electron chi connectivity index (χ4n) is 1.31. The second kappa shape index (κ2) is 5.13. The third-order valence-corrected chi connectivity index (χ3v) is 2.66. The lowest BCUT2D eigenvalue weighted by molar-refractivity contribution is 0.0997. The fraction of sp³-hybridized carbons (Fsp3) is 0. The summed E-state index contributed by atoms with van der Waals surface area (Å²) in [4.78, 5) is 11.7. The van der Waals surface area contributed by atoms with Crippen LogP contribution in [0.2, 0.25) is 10.2 Å². The van der Waals surface area contributed by atoms with Crippen LogP contribution in [0.4, 0.5) is 5.69 Å². The largest absolute Gasteiger partial charge is 0.440 e. The molecule has 6 heteroatoms. The minimum Gasteiger partial charge on any atom is -0.440 e. The van der Waals surface area contributed by atoms with E-state index in [4.69, 9.17) is 32.9 Å². The van der Waals surface area contributed by atoms with Gasteiger partial charge in [0.1, 0.15) is 6.07 Å². The number of rotatable bonds is 2. The molecule has 1 heterocycles. The van der Waals surface area contributed by atoms with Crippen LogP contribution < -0.4 is 5.32 Å². The van der Waals surface area contributed by atoms with Gasteiger partial charge in [0, 0.05) is 5.69 Å². The van der Waals surface area contributed by atoms with Crippen molar-refractivity contribution in [2.24, 2.45) is 0 Å². The first-order valence-electron chi connectivity index (χ1n) is 4.86. The Morgan fingerprint density at radius 3 is 2.61 bits per heavy atom. The molecule has 0 aliphatic rings. The number of halogens is 2. The van der Waals surface area contributed by atoms with Crippen molar-refractivity contribution in [1.82, 2.24) is 0 Å². The smallest absolute Gasteiger partial charge is 0.291 e. The summed E-state index contributed by atoms with van der Waals surface area (Å²) in [7, 11) is 0. The molecule has 0 saturated carbocycles. The summed E-state index contributed by atoms with van der Waals surface area (Å²) in [5.74, 6) is -0.344. The maximum absolute atomic E-state index is 11.7. The van der Waals surface area contributed by atoms with Crippen LogP contribution in [0.5, 0.6) is 0 Å². The average molecular weight is 281 g/mol. The zero-order valence-corrected chi connectivity index (χ0v) is 10.4. The van der Waals surface area contributed by atoms with Crippen molar-refractivity contribution < 1.29 is 9.21 Å². The Morgan fingerprint density at radius 2 is 2.06 bits per heavy atom. The molecule has 1 amide bonds. The highest BCUT2D eigenvalue weighted by molar-refractivity contribution is 6.32. The molecule has 0 radical (unpaired) electrons. The first kappa shape index (κ1) is 12.5. The van der Waals surface area contributed by atoms with Crippen molar-refractivity contribution in [2.75, 3.05) is 5.32 Å². The molecule has 1 aromatic carbocycles. The maximum Gasteiger partial charge on any atom is 0.291 e. The van der Waals surface area contributed by atoms with Crippen LogP contribution in [0.25, 0.3) is 0 Å². The number of carbonyl (C=O) groups excluding carboxylic acids is 1. The van der Waals surface area contributed by atoms with E-state index in [9.17, 15) is 4.79 Å². The third kappa shape index (κ3) is 2.65. The molecule has 0 saturated heterocycles. The lowest BCUT2D eigenvalue weighted by Gasteiger charge is -2.04. The summed E-state index contributed by atoms with van der Waals surface area (Å²) >= 11 is 11.4. The highest BCUT2D eigenvalue weighted by atomic mass is 35.5. The van der Waals surface area contributed by atoms with E-state index in [2.05, 4.69) is 5.32 Å². The topological polar surface area (TPSA) is 66.0 Å². The molecule has 0 aliphatic heterocycles. The van der Waals surface area contributed by atoms with Crippen LogP contribution in [-0.2, 0) is 0 Å². The van der Waals surface area contributed by atoms with E-state index in [1.165, 1.54) is 24.3 Å². The normalized spacial score (nSPS) is 9.83. The van der Waals surface area contributed by atoms with Gasteiger partial charge in [0.05, 0.1) is 10.6 Å². The minimum absolute atomic E-state index is 0.0977. The third-order valence-electron chi connectivity index (χ3n) is 2.14. The molecule has 18 heavy (non-hydrogen) atoms. The van der Waals surface area contributed by atoms with Crippen LogP contribution in [0.3, 0.4) is 0 Å². The van der Waals surface area contributed by atoms with Gasteiger partial charge in [-0.1, -0.05) is 11.6 Å². The highest BCUT2D eigenvalue weighted by Gasteiger charge is 2.11. The summed E-state index contributed by atoms with van der Waals surface area (Å²) in [6, 6.07) is 9.45. The monoisotopic (exact) mass is 280 g/mol. The summed E-state index contributed by atoms with van der Waals surface area (Å²) < 4.78 is 4.96. The molecule has 0 aliphatic carbocycles. The van der Waals surface area contributed by atoms with Crippen molar-refractivity contribution >= 4 is 34.8 Å². The van der Waals surface area contributed by atoms with Gasteiger partial charge in [-0.2, -0.15) is 5.26 Å². The van der Waals surface area contributed by atoms with Crippen LogP contribution in [0.15, 0.2) is 34.7 Å². The molecule has 90 valence electrons. The standard InChI is InChI=1S/C12H6Cl2N2O2/c13-9-5-8(2-1-7(9)6-15)16-12(17)10-3-4-11(14)18-10/h1-5H,(H,16,17). The predicted molar refractivity (Wildman–Crippen MR) is 67.8 cm³/mol. The number of anilines is 1. The Balaban J connectivity index is 2.17. The number of nitrogens with one attached hydrogen (secondary N) is 1. The summed E-state index contributed by atoms with van der Waals surface area (Å²) in [6.45, 7) is 0. The quantitative estimate of drug-likeness (QED) is 0.912. The SMILES string of the molecule is N#Cc1ccc(NC(=O)c2ccc(Cl)o2)cc1Cl. The number of hydrogen-bond donors (Lipinski definition) is 1. The van der Waals surface area contributed by atoms with Gasteiger partial charge < -0.3 is 9.73 Å². The van der Waals surface area contributed by atoms with Crippen LogP contribution in [-0.4, -0.2) is 5.91 Å². The van der Waals surface area contributed by atoms with Crippen LogP contribution in [0.1, 0.15) is 16.1 Å². The number of nitriles is 1. The first-order chi connectivity index (χ1) is 8.60. The zero-order valence-electron chi connectivity index (χ0n) is 8.91. The van der Waals surface area contributed by atoms with Gasteiger partial charge in [0.25, 0.3) is 5.91 Å². The molecule has 0 spiro atoms. The van der Waals surface area contributed by atoms with E-state index < -0.39 is 5.91 Å². The summed E-state index contributed by atoms with van der Waals surface area (Å²) in [6.07, 6.45) is 0. The molecule has 4 nitrogen and oxygen atoms in total. The fourth-order valence-corrected chi connectivity index (χ4v) is 1.68. The van der Waals surface area contributed by atoms with E-state index in [1.807, 2.05) is 6.07 Å². The van der Waals surface area contributed by atoms with Gasteiger partial charge in [-0.3, -0.25) is 4.79 Å². The molecule has 2 rings (SSSR count). The molecule has 0 bridgehead atoms. The van der Waals surface area contributed by atoms with E-state index in [-0.39, 0.29) is 16.0 Å². The number of nitrogens with zero attached hydrogens (tertiary/aromatic N) is 1. The van der Waals surface area contributed by atoms with Gasteiger partial charge in [-0.05, 0) is 41.9 Å². The van der Waals surface area contributed by atoms with Gasteiger partial charge in [0.2, 0.25) is 0 Å².